The van der Waals surface area contributed by atoms with Crippen molar-refractivity contribution >= 4 is 5.91 Å². The predicted molar refractivity (Wildman–Crippen MR) is 75.9 cm³/mol. The van der Waals surface area contributed by atoms with E-state index in [0.29, 0.717) is 12.5 Å². The van der Waals surface area contributed by atoms with E-state index >= 15 is 0 Å². The normalized spacial score (nSPS) is 19.1. The molecule has 104 valence electrons. The number of amides is 1. The molecule has 1 unspecified atom stereocenters. The first-order chi connectivity index (χ1) is 9.15. The molecule has 1 aromatic heterocycles. The summed E-state index contributed by atoms with van der Waals surface area (Å²) in [6, 6.07) is 4.30. The lowest BCUT2D eigenvalue weighted by Crippen LogP contribution is -2.43. The molecule has 0 radical (unpaired) electrons. The lowest BCUT2D eigenvalue weighted by Gasteiger charge is -2.29. The second-order valence-electron chi connectivity index (χ2n) is 5.54. The van der Waals surface area contributed by atoms with Crippen molar-refractivity contribution in [2.45, 2.75) is 38.1 Å². The van der Waals surface area contributed by atoms with Gasteiger partial charge >= 0.3 is 0 Å². The van der Waals surface area contributed by atoms with Gasteiger partial charge < -0.3 is 10.2 Å². The van der Waals surface area contributed by atoms with Gasteiger partial charge in [0.2, 0.25) is 5.91 Å². The summed E-state index contributed by atoms with van der Waals surface area (Å²) < 4.78 is 0. The van der Waals surface area contributed by atoms with Gasteiger partial charge in [-0.05, 0) is 50.5 Å². The van der Waals surface area contributed by atoms with E-state index in [1.54, 1.807) is 6.20 Å². The van der Waals surface area contributed by atoms with Crippen molar-refractivity contribution in [2.75, 3.05) is 20.1 Å². The molecule has 1 fully saturated rings. The third-order valence-corrected chi connectivity index (χ3v) is 3.83. The molecule has 1 aliphatic heterocycles. The smallest absolute Gasteiger partial charge is 0.220 e. The summed E-state index contributed by atoms with van der Waals surface area (Å²) in [6.45, 7) is 4.22. The van der Waals surface area contributed by atoms with Crippen LogP contribution in [0, 0.1) is 0 Å². The molecular weight excluding hydrogens is 238 g/mol. The van der Waals surface area contributed by atoms with Crippen LogP contribution in [0.4, 0.5) is 0 Å². The number of rotatable bonds is 4. The van der Waals surface area contributed by atoms with Crippen molar-refractivity contribution in [3.63, 3.8) is 0 Å². The average Bonchev–Trinajstić information content (AvgIpc) is 2.42. The second kappa shape index (κ2) is 6.66. The first-order valence-electron chi connectivity index (χ1n) is 7.03. The van der Waals surface area contributed by atoms with Crippen LogP contribution in [0.2, 0.25) is 0 Å². The van der Waals surface area contributed by atoms with Crippen LogP contribution < -0.4 is 5.32 Å². The third kappa shape index (κ3) is 4.31. The van der Waals surface area contributed by atoms with Gasteiger partial charge in [0.1, 0.15) is 0 Å². The highest BCUT2D eigenvalue weighted by Gasteiger charge is 2.19. The average molecular weight is 261 g/mol. The van der Waals surface area contributed by atoms with Crippen molar-refractivity contribution in [3.8, 4) is 0 Å². The molecule has 4 heteroatoms. The fraction of sp³-hybridized carbons (Fsp3) is 0.600. The number of carbonyl (C=O) groups excluding carboxylic acids is 1. The van der Waals surface area contributed by atoms with Crippen molar-refractivity contribution in [3.05, 3.63) is 30.1 Å². The maximum absolute atomic E-state index is 12.0. The van der Waals surface area contributed by atoms with Crippen LogP contribution in [-0.2, 0) is 4.79 Å². The molecule has 1 saturated heterocycles. The predicted octanol–water partition coefficient (Wildman–Crippen LogP) is 1.79. The number of carbonyl (C=O) groups is 1. The van der Waals surface area contributed by atoms with Gasteiger partial charge in [0.15, 0.2) is 0 Å². The quantitative estimate of drug-likeness (QED) is 0.898. The number of likely N-dealkylation sites (tertiary alicyclic amines) is 1. The fourth-order valence-electron chi connectivity index (χ4n) is 2.50. The molecule has 0 aliphatic carbocycles. The van der Waals surface area contributed by atoms with Crippen molar-refractivity contribution in [2.24, 2.45) is 0 Å². The van der Waals surface area contributed by atoms with E-state index in [-0.39, 0.29) is 11.8 Å². The lowest BCUT2D eigenvalue weighted by molar-refractivity contribution is -0.122. The largest absolute Gasteiger partial charge is 0.353 e. The van der Waals surface area contributed by atoms with E-state index in [4.69, 9.17) is 0 Å². The van der Waals surface area contributed by atoms with Gasteiger partial charge in [0.05, 0.1) is 0 Å². The molecule has 1 atom stereocenters. The lowest BCUT2D eigenvalue weighted by atomic mass is 9.98. The first-order valence-corrected chi connectivity index (χ1v) is 7.03. The maximum Gasteiger partial charge on any atom is 0.220 e. The number of hydrogen-bond donors (Lipinski definition) is 1. The summed E-state index contributed by atoms with van der Waals surface area (Å²) in [7, 11) is 2.13. The molecule has 19 heavy (non-hydrogen) atoms. The van der Waals surface area contributed by atoms with Gasteiger partial charge in [0, 0.05) is 24.9 Å². The van der Waals surface area contributed by atoms with Crippen LogP contribution in [0.3, 0.4) is 0 Å². The molecule has 1 aromatic rings. The molecule has 0 aromatic carbocycles. The van der Waals surface area contributed by atoms with Crippen LogP contribution in [-0.4, -0.2) is 42.0 Å². The SMILES string of the molecule is CC(CC(=O)NC1CCN(C)CC1)c1cccnc1. The Morgan fingerprint density at radius 2 is 2.26 bits per heavy atom. The Balaban J connectivity index is 1.78. The molecular formula is C15H23N3O. The fourth-order valence-corrected chi connectivity index (χ4v) is 2.50. The number of aromatic nitrogens is 1. The maximum atomic E-state index is 12.0. The van der Waals surface area contributed by atoms with Crippen molar-refractivity contribution in [1.29, 1.82) is 0 Å². The molecule has 4 nitrogen and oxygen atoms in total. The summed E-state index contributed by atoms with van der Waals surface area (Å²) in [5.74, 6) is 0.380. The third-order valence-electron chi connectivity index (χ3n) is 3.83. The Bertz CT molecular complexity index is 399. The van der Waals surface area contributed by atoms with Crippen molar-refractivity contribution < 1.29 is 4.79 Å². The minimum absolute atomic E-state index is 0.158. The molecule has 2 heterocycles. The molecule has 1 amide bonds. The van der Waals surface area contributed by atoms with E-state index in [9.17, 15) is 4.79 Å². The van der Waals surface area contributed by atoms with Gasteiger partial charge in [0.25, 0.3) is 0 Å². The molecule has 2 rings (SSSR count). The minimum Gasteiger partial charge on any atom is -0.353 e. The number of hydrogen-bond acceptors (Lipinski definition) is 3. The summed E-state index contributed by atoms with van der Waals surface area (Å²) >= 11 is 0. The van der Waals surface area contributed by atoms with E-state index in [2.05, 4.69) is 29.2 Å². The van der Waals surface area contributed by atoms with Crippen LogP contribution in [0.5, 0.6) is 0 Å². The van der Waals surface area contributed by atoms with Crippen molar-refractivity contribution in [1.82, 2.24) is 15.2 Å². The minimum atomic E-state index is 0.158. The highest BCUT2D eigenvalue weighted by Crippen LogP contribution is 2.18. The van der Waals surface area contributed by atoms with Gasteiger partial charge in [-0.1, -0.05) is 13.0 Å². The highest BCUT2D eigenvalue weighted by atomic mass is 16.1. The van der Waals surface area contributed by atoms with Gasteiger partial charge in [-0.25, -0.2) is 0 Å². The summed E-state index contributed by atoms with van der Waals surface area (Å²) in [5, 5.41) is 3.15. The Labute approximate surface area is 115 Å². The van der Waals surface area contributed by atoms with Gasteiger partial charge in [-0.2, -0.15) is 0 Å². The summed E-state index contributed by atoms with van der Waals surface area (Å²) in [6.07, 6.45) is 6.26. The van der Waals surface area contributed by atoms with Crippen LogP contribution in [0.1, 0.15) is 37.7 Å². The molecule has 0 spiro atoms. The van der Waals surface area contributed by atoms with Crippen LogP contribution >= 0.6 is 0 Å². The Hall–Kier alpha value is -1.42. The van der Waals surface area contributed by atoms with E-state index in [1.807, 2.05) is 18.3 Å². The number of piperidine rings is 1. The van der Waals surface area contributed by atoms with E-state index < -0.39 is 0 Å². The molecule has 1 N–H and O–H groups in total. The number of pyridine rings is 1. The number of nitrogens with one attached hydrogen (secondary N) is 1. The zero-order valence-corrected chi connectivity index (χ0v) is 11.8. The Kier molecular flexibility index (Phi) is 4.91. The topological polar surface area (TPSA) is 45.2 Å². The molecule has 0 saturated carbocycles. The van der Waals surface area contributed by atoms with E-state index in [1.165, 1.54) is 0 Å². The molecule has 1 aliphatic rings. The Morgan fingerprint density at radius 1 is 1.53 bits per heavy atom. The summed E-state index contributed by atoms with van der Waals surface area (Å²) in [4.78, 5) is 18.4. The Morgan fingerprint density at radius 3 is 2.89 bits per heavy atom. The summed E-state index contributed by atoms with van der Waals surface area (Å²) in [5.41, 5.74) is 1.13. The first kappa shape index (κ1) is 14.0. The van der Waals surface area contributed by atoms with Gasteiger partial charge in [-0.3, -0.25) is 9.78 Å². The van der Waals surface area contributed by atoms with E-state index in [0.717, 1.165) is 31.5 Å². The highest BCUT2D eigenvalue weighted by molar-refractivity contribution is 5.77. The van der Waals surface area contributed by atoms with Gasteiger partial charge in [-0.15, -0.1) is 0 Å². The standard InChI is InChI=1S/C15H23N3O/c1-12(13-4-3-7-16-11-13)10-15(19)17-14-5-8-18(2)9-6-14/h3-4,7,11-12,14H,5-6,8-10H2,1-2H3,(H,17,19). The monoisotopic (exact) mass is 261 g/mol. The van der Waals surface area contributed by atoms with Crippen LogP contribution in [0.15, 0.2) is 24.5 Å². The molecule has 0 bridgehead atoms. The van der Waals surface area contributed by atoms with Crippen LogP contribution in [0.25, 0.3) is 0 Å². The zero-order valence-electron chi connectivity index (χ0n) is 11.8. The number of nitrogens with zero attached hydrogens (tertiary/aromatic N) is 2. The second-order valence-corrected chi connectivity index (χ2v) is 5.54. The zero-order chi connectivity index (χ0) is 13.7.